The first-order chi connectivity index (χ1) is 15.5. The average Bonchev–Trinajstić information content (AvgIpc) is 2.80. The second kappa shape index (κ2) is 11.5. The predicted molar refractivity (Wildman–Crippen MR) is 130 cm³/mol. The van der Waals surface area contributed by atoms with E-state index < -0.39 is 5.92 Å². The number of morpholine rings is 1. The Morgan fingerprint density at radius 2 is 1.72 bits per heavy atom. The van der Waals surface area contributed by atoms with Crippen LogP contribution in [0.25, 0.3) is 0 Å². The third kappa shape index (κ3) is 6.01. The minimum atomic E-state index is -0.455. The van der Waals surface area contributed by atoms with Crippen LogP contribution in [0.2, 0.25) is 0 Å². The molecule has 2 aliphatic rings. The normalized spacial score (nSPS) is 18.8. The van der Waals surface area contributed by atoms with Crippen LogP contribution in [0, 0.1) is 11.3 Å². The zero-order valence-electron chi connectivity index (χ0n) is 18.3. The molecule has 2 aromatic carbocycles. The van der Waals surface area contributed by atoms with Gasteiger partial charge in [0.2, 0.25) is 0 Å². The molecule has 1 fully saturated rings. The number of rotatable bonds is 3. The Balaban J connectivity index is 0.000000352. The number of benzene rings is 2. The highest BCUT2D eigenvalue weighted by atomic mass is 32.1. The van der Waals surface area contributed by atoms with Crippen molar-refractivity contribution in [3.63, 3.8) is 0 Å². The van der Waals surface area contributed by atoms with Crippen LogP contribution in [0.3, 0.4) is 0 Å². The van der Waals surface area contributed by atoms with E-state index in [0.717, 1.165) is 31.9 Å². The van der Waals surface area contributed by atoms with E-state index in [4.69, 9.17) is 4.74 Å². The summed E-state index contributed by atoms with van der Waals surface area (Å²) in [5.41, 5.74) is 3.22. The molecule has 2 aromatic rings. The van der Waals surface area contributed by atoms with Gasteiger partial charge in [0.25, 0.3) is 5.91 Å². The number of likely N-dealkylation sites (N-methyl/N-ethyl adjacent to an activating group) is 1. The molecule has 1 amide bonds. The molecule has 0 spiro atoms. The molecule has 1 atom stereocenters. The van der Waals surface area contributed by atoms with Crippen LogP contribution in [0.15, 0.2) is 82.5 Å². The number of nitrogens with zero attached hydrogens (tertiary/aromatic N) is 2. The van der Waals surface area contributed by atoms with Gasteiger partial charge in [-0.3, -0.25) is 4.79 Å². The zero-order valence-corrected chi connectivity index (χ0v) is 19.2. The monoisotopic (exact) mass is 448 g/mol. The Morgan fingerprint density at radius 1 is 1.12 bits per heavy atom. The van der Waals surface area contributed by atoms with Crippen LogP contribution in [-0.4, -0.2) is 44.2 Å². The van der Waals surface area contributed by atoms with Crippen molar-refractivity contribution in [1.82, 2.24) is 10.2 Å². The summed E-state index contributed by atoms with van der Waals surface area (Å²) in [4.78, 5) is 15.2. The molecule has 0 saturated carbocycles. The number of hydrogen-bond donors (Lipinski definition) is 3. The summed E-state index contributed by atoms with van der Waals surface area (Å²) >= 11 is 4.39. The molecule has 32 heavy (non-hydrogen) atoms. The Labute approximate surface area is 195 Å². The molecule has 1 unspecified atom stereocenters. The van der Waals surface area contributed by atoms with Gasteiger partial charge >= 0.3 is 0 Å². The van der Waals surface area contributed by atoms with Gasteiger partial charge in [-0.25, -0.2) is 0 Å². The second-order valence-electron chi connectivity index (χ2n) is 7.62. The molecule has 4 rings (SSSR count). The van der Waals surface area contributed by atoms with Gasteiger partial charge in [0, 0.05) is 30.0 Å². The van der Waals surface area contributed by atoms with Crippen molar-refractivity contribution in [1.29, 1.82) is 5.26 Å². The van der Waals surface area contributed by atoms with Gasteiger partial charge < -0.3 is 20.3 Å². The van der Waals surface area contributed by atoms with Gasteiger partial charge in [-0.2, -0.15) is 5.26 Å². The Bertz CT molecular complexity index is 1020. The van der Waals surface area contributed by atoms with Crippen LogP contribution in [0.1, 0.15) is 18.4 Å². The van der Waals surface area contributed by atoms with E-state index in [1.54, 1.807) is 0 Å². The summed E-state index contributed by atoms with van der Waals surface area (Å²) in [5, 5.41) is 16.0. The van der Waals surface area contributed by atoms with Crippen LogP contribution in [0.4, 0.5) is 5.69 Å². The fourth-order valence-corrected chi connectivity index (χ4v) is 3.93. The average molecular weight is 449 g/mol. The number of hydrogen-bond acceptors (Lipinski definition) is 6. The number of thiol groups is 1. The minimum absolute atomic E-state index is 0.237. The number of para-hydroxylation sites is 1. The van der Waals surface area contributed by atoms with E-state index in [2.05, 4.69) is 41.3 Å². The Kier molecular flexibility index (Phi) is 8.51. The number of anilines is 1. The van der Waals surface area contributed by atoms with Crippen LogP contribution in [0.5, 0.6) is 0 Å². The van der Waals surface area contributed by atoms with E-state index in [-0.39, 0.29) is 5.91 Å². The second-order valence-corrected chi connectivity index (χ2v) is 8.06. The highest BCUT2D eigenvalue weighted by Gasteiger charge is 2.33. The van der Waals surface area contributed by atoms with E-state index in [9.17, 15) is 10.1 Å². The number of allylic oxidation sites excluding steroid dienone is 2. The van der Waals surface area contributed by atoms with Gasteiger partial charge in [0.1, 0.15) is 0 Å². The van der Waals surface area contributed by atoms with Crippen molar-refractivity contribution in [2.45, 2.75) is 12.8 Å². The molecule has 6 nitrogen and oxygen atoms in total. The molecular formula is C25H28N4O2S. The maximum absolute atomic E-state index is 13.0. The third-order valence-corrected chi connectivity index (χ3v) is 5.66. The standard InChI is InChI=1S/C20H17N3OS.C5H11NO/c1-13-17(19(24)23-15-10-6-3-7-11-15)18(14-8-4-2-5-9-14)16(12-21)20(25)22-13;1-6-2-4-7-5-3-6/h2-11,18,22,25H,1H3,(H,23,24);2-5H2,1H3. The van der Waals surface area contributed by atoms with Crippen molar-refractivity contribution in [2.75, 3.05) is 38.7 Å². The number of dihydropyridines is 1. The van der Waals surface area contributed by atoms with Gasteiger partial charge in [-0.15, -0.1) is 12.6 Å². The lowest BCUT2D eigenvalue weighted by Crippen LogP contribution is -2.32. The summed E-state index contributed by atoms with van der Waals surface area (Å²) in [6.45, 7) is 5.84. The molecule has 2 N–H and O–H groups in total. The molecular weight excluding hydrogens is 420 g/mol. The summed E-state index contributed by atoms with van der Waals surface area (Å²) in [6.07, 6.45) is 0. The number of nitriles is 1. The van der Waals surface area contributed by atoms with E-state index in [1.807, 2.05) is 67.6 Å². The predicted octanol–water partition coefficient (Wildman–Crippen LogP) is 3.90. The van der Waals surface area contributed by atoms with Crippen molar-refractivity contribution >= 4 is 24.2 Å². The molecule has 0 radical (unpaired) electrons. The number of carbonyl (C=O) groups is 1. The smallest absolute Gasteiger partial charge is 0.254 e. The van der Waals surface area contributed by atoms with E-state index >= 15 is 0 Å². The van der Waals surface area contributed by atoms with Crippen LogP contribution >= 0.6 is 12.6 Å². The number of carbonyl (C=O) groups excluding carboxylic acids is 1. The van der Waals surface area contributed by atoms with Gasteiger partial charge in [-0.1, -0.05) is 48.5 Å². The molecule has 0 bridgehead atoms. The fraction of sp³-hybridized carbons (Fsp3) is 0.280. The van der Waals surface area contributed by atoms with Crippen LogP contribution in [-0.2, 0) is 9.53 Å². The first kappa shape index (κ1) is 23.6. The van der Waals surface area contributed by atoms with Crippen molar-refractivity contribution in [3.05, 3.63) is 88.1 Å². The third-order valence-electron chi connectivity index (χ3n) is 5.31. The lowest BCUT2D eigenvalue weighted by atomic mass is 9.82. The Hall–Kier alpha value is -3.05. The van der Waals surface area contributed by atoms with Crippen molar-refractivity contribution in [2.24, 2.45) is 0 Å². The molecule has 0 aliphatic carbocycles. The largest absolute Gasteiger partial charge is 0.379 e. The van der Waals surface area contributed by atoms with Crippen molar-refractivity contribution in [3.8, 4) is 6.07 Å². The number of ether oxygens (including phenoxy) is 1. The molecule has 7 heteroatoms. The molecule has 1 saturated heterocycles. The quantitative estimate of drug-likeness (QED) is 0.621. The zero-order chi connectivity index (χ0) is 22.9. The molecule has 2 heterocycles. The van der Waals surface area contributed by atoms with Crippen LogP contribution < -0.4 is 10.6 Å². The lowest BCUT2D eigenvalue weighted by Gasteiger charge is -2.28. The molecule has 2 aliphatic heterocycles. The number of amides is 1. The summed E-state index contributed by atoms with van der Waals surface area (Å²) in [5.74, 6) is -0.692. The molecule has 0 aromatic heterocycles. The minimum Gasteiger partial charge on any atom is -0.379 e. The first-order valence-corrected chi connectivity index (χ1v) is 10.9. The van der Waals surface area contributed by atoms with Crippen molar-refractivity contribution < 1.29 is 9.53 Å². The van der Waals surface area contributed by atoms with Gasteiger partial charge in [0.15, 0.2) is 0 Å². The summed E-state index contributed by atoms with van der Waals surface area (Å²) in [7, 11) is 2.11. The lowest BCUT2D eigenvalue weighted by molar-refractivity contribution is -0.113. The topological polar surface area (TPSA) is 77.4 Å². The molecule has 166 valence electrons. The van der Waals surface area contributed by atoms with Gasteiger partial charge in [0.05, 0.1) is 35.8 Å². The Morgan fingerprint density at radius 3 is 2.25 bits per heavy atom. The summed E-state index contributed by atoms with van der Waals surface area (Å²) < 4.78 is 5.10. The highest BCUT2D eigenvalue weighted by Crippen LogP contribution is 2.38. The maximum atomic E-state index is 13.0. The van der Waals surface area contributed by atoms with E-state index in [1.165, 1.54) is 0 Å². The summed E-state index contributed by atoms with van der Waals surface area (Å²) in [6, 6.07) is 21.0. The highest BCUT2D eigenvalue weighted by molar-refractivity contribution is 7.84. The van der Waals surface area contributed by atoms with E-state index in [0.29, 0.717) is 27.6 Å². The SMILES string of the molecule is CC1=C(C(=O)Nc2ccccc2)C(c2ccccc2)C(C#N)=C(S)N1.CN1CCOCC1. The maximum Gasteiger partial charge on any atom is 0.254 e. The fourth-order valence-electron chi connectivity index (χ4n) is 3.58. The van der Waals surface area contributed by atoms with Gasteiger partial charge in [-0.05, 0) is 31.7 Å². The first-order valence-electron chi connectivity index (χ1n) is 10.5. The number of nitrogens with one attached hydrogen (secondary N) is 2.